The first-order valence-electron chi connectivity index (χ1n) is 20.9. The molecule has 0 radical (unpaired) electrons. The van der Waals surface area contributed by atoms with Gasteiger partial charge in [0.2, 0.25) is 0 Å². The van der Waals surface area contributed by atoms with Crippen molar-refractivity contribution >= 4 is 7.82 Å². The van der Waals surface area contributed by atoms with Crippen LogP contribution in [0.15, 0.2) is 0 Å². The topological polar surface area (TPSA) is 77.5 Å². The normalized spacial score (nSPS) is 13.0. The second-order valence-electron chi connectivity index (χ2n) is 14.3. The van der Waals surface area contributed by atoms with Crippen LogP contribution in [0.2, 0.25) is 0 Å². The molecule has 0 saturated carbocycles. The molecular weight excluding hydrogens is 633 g/mol. The summed E-state index contributed by atoms with van der Waals surface area (Å²) in [6, 6.07) is 0. The van der Waals surface area contributed by atoms with Crippen molar-refractivity contribution in [3.63, 3.8) is 0 Å². The van der Waals surface area contributed by atoms with E-state index in [4.69, 9.17) is 24.9 Å². The number of rotatable bonds is 41. The number of nitrogens with zero attached hydrogens (tertiary/aromatic N) is 1. The van der Waals surface area contributed by atoms with Gasteiger partial charge in [0, 0.05) is 19.8 Å². The molecule has 0 aliphatic carbocycles. The van der Waals surface area contributed by atoms with Crippen molar-refractivity contribution in [3.8, 4) is 12.3 Å². The number of hydrogen-bond acceptors (Lipinski definition) is 6. The molecule has 0 fully saturated rings. The Morgan fingerprint density at radius 3 is 1.22 bits per heavy atom. The van der Waals surface area contributed by atoms with Crippen molar-refractivity contribution in [2.24, 2.45) is 0 Å². The average Bonchev–Trinajstić information content (AvgIpc) is 3.07. The molecule has 0 spiro atoms. The maximum absolute atomic E-state index is 12.6. The third kappa shape index (κ3) is 38.6. The van der Waals surface area contributed by atoms with E-state index in [-0.39, 0.29) is 19.8 Å². The van der Waals surface area contributed by atoms with E-state index in [2.05, 4.69) is 19.8 Å². The van der Waals surface area contributed by atoms with Gasteiger partial charge in [-0.15, -0.1) is 6.42 Å². The second-order valence-corrected chi connectivity index (χ2v) is 15.7. The van der Waals surface area contributed by atoms with Crippen LogP contribution < -0.4 is 0 Å². The van der Waals surface area contributed by atoms with Crippen LogP contribution in [-0.2, 0) is 23.1 Å². The molecule has 0 bridgehead atoms. The minimum atomic E-state index is -4.24. The number of terminal acetylenes is 1. The van der Waals surface area contributed by atoms with E-state index in [1.54, 1.807) is 0 Å². The van der Waals surface area contributed by atoms with Gasteiger partial charge in [0.15, 0.2) is 0 Å². The fourth-order valence-electron chi connectivity index (χ4n) is 6.10. The summed E-state index contributed by atoms with van der Waals surface area (Å²) in [6.07, 6.45) is 41.5. The van der Waals surface area contributed by atoms with Crippen molar-refractivity contribution in [2.75, 3.05) is 53.2 Å². The zero-order valence-electron chi connectivity index (χ0n) is 32.8. The monoisotopic (exact) mass is 716 g/mol. The highest BCUT2D eigenvalue weighted by atomic mass is 31.2. The van der Waals surface area contributed by atoms with Crippen molar-refractivity contribution in [2.45, 2.75) is 200 Å². The predicted octanol–water partition coefficient (Wildman–Crippen LogP) is 12.0. The molecule has 1 atom stereocenters. The standard InChI is InChI=1S/C41H82NO6P/c1-5-8-10-12-14-16-18-20-22-24-26-28-30-32-36-45-39-41(48-49(43,44)47-38-35-42(4)34-7-3)40-46-37-33-31-29-27-25-23-21-19-17-15-13-11-9-6-2/h3,41H,5-6,8-40H2,1-2,4H3,(H,43,44). The van der Waals surface area contributed by atoms with Crippen LogP contribution in [0.4, 0.5) is 0 Å². The lowest BCUT2D eigenvalue weighted by molar-refractivity contribution is -0.0239. The molecule has 7 nitrogen and oxygen atoms in total. The van der Waals surface area contributed by atoms with Gasteiger partial charge in [-0.3, -0.25) is 13.9 Å². The molecule has 8 heteroatoms. The van der Waals surface area contributed by atoms with Gasteiger partial charge in [0.25, 0.3) is 0 Å². The Hall–Kier alpha value is -0.450. The molecule has 0 rings (SSSR count). The van der Waals surface area contributed by atoms with E-state index in [9.17, 15) is 9.46 Å². The Kier molecular flexibility index (Phi) is 38.4. The van der Waals surface area contributed by atoms with Gasteiger partial charge >= 0.3 is 7.82 Å². The average molecular weight is 716 g/mol. The number of unbranched alkanes of at least 4 members (excludes halogenated alkanes) is 26. The maximum atomic E-state index is 12.6. The predicted molar refractivity (Wildman–Crippen MR) is 209 cm³/mol. The number of hydrogen-bond donors (Lipinski definition) is 1. The third-order valence-corrected chi connectivity index (χ3v) is 10.3. The van der Waals surface area contributed by atoms with Crippen molar-refractivity contribution in [1.82, 2.24) is 4.90 Å². The summed E-state index contributed by atoms with van der Waals surface area (Å²) in [7, 11) is -2.41. The summed E-state index contributed by atoms with van der Waals surface area (Å²) < 4.78 is 35.1. The molecule has 0 aromatic heterocycles. The SMILES string of the molecule is C#CCN(C)CCOP(=O)(O)OC(COCCCCCCCCCCCCCCCC)COCCCCCCCCCCCCCCCC. The summed E-state index contributed by atoms with van der Waals surface area (Å²) in [6.45, 7) is 7.14. The fraction of sp³-hybridized carbons (Fsp3) is 0.951. The highest BCUT2D eigenvalue weighted by molar-refractivity contribution is 7.47. The Balaban J connectivity index is 4.10. The van der Waals surface area contributed by atoms with E-state index in [0.717, 1.165) is 25.7 Å². The minimum absolute atomic E-state index is 0.0541. The molecule has 0 aromatic rings. The lowest BCUT2D eigenvalue weighted by Crippen LogP contribution is -2.27. The number of phosphoric acid groups is 1. The Morgan fingerprint density at radius 2 is 0.898 bits per heavy atom. The van der Waals surface area contributed by atoms with Gasteiger partial charge in [-0.05, 0) is 19.9 Å². The van der Waals surface area contributed by atoms with Crippen molar-refractivity contribution in [3.05, 3.63) is 0 Å². The summed E-state index contributed by atoms with van der Waals surface area (Å²) in [5.41, 5.74) is 0. The lowest BCUT2D eigenvalue weighted by Gasteiger charge is -2.22. The van der Waals surface area contributed by atoms with Gasteiger partial charge in [-0.2, -0.15) is 0 Å². The second kappa shape index (κ2) is 38.8. The molecule has 1 unspecified atom stereocenters. The van der Waals surface area contributed by atoms with Crippen LogP contribution in [0.25, 0.3) is 0 Å². The molecule has 1 N–H and O–H groups in total. The first-order valence-corrected chi connectivity index (χ1v) is 22.4. The van der Waals surface area contributed by atoms with E-state index < -0.39 is 13.9 Å². The van der Waals surface area contributed by atoms with Gasteiger partial charge in [0.05, 0.1) is 26.4 Å². The molecule has 49 heavy (non-hydrogen) atoms. The first kappa shape index (κ1) is 48.5. The molecule has 0 aromatic carbocycles. The summed E-state index contributed by atoms with van der Waals surface area (Å²) in [5.74, 6) is 2.55. The van der Waals surface area contributed by atoms with Gasteiger partial charge in [0.1, 0.15) is 6.10 Å². The molecule has 0 saturated heterocycles. The molecule has 0 aliphatic rings. The summed E-state index contributed by atoms with van der Waals surface area (Å²) >= 11 is 0. The minimum Gasteiger partial charge on any atom is -0.379 e. The zero-order chi connectivity index (χ0) is 35.9. The van der Waals surface area contributed by atoms with E-state index in [0.29, 0.717) is 26.3 Å². The van der Waals surface area contributed by atoms with E-state index in [1.807, 2.05) is 11.9 Å². The largest absolute Gasteiger partial charge is 0.472 e. The Labute approximate surface area is 305 Å². The Morgan fingerprint density at radius 1 is 0.571 bits per heavy atom. The fourth-order valence-corrected chi connectivity index (χ4v) is 6.97. The van der Waals surface area contributed by atoms with Gasteiger partial charge in [-0.25, -0.2) is 4.57 Å². The first-order chi connectivity index (χ1) is 23.9. The molecule has 292 valence electrons. The van der Waals surface area contributed by atoms with Crippen LogP contribution in [0.1, 0.15) is 194 Å². The van der Waals surface area contributed by atoms with Crippen LogP contribution in [0, 0.1) is 12.3 Å². The van der Waals surface area contributed by atoms with Crippen molar-refractivity contribution < 1.29 is 28.0 Å². The van der Waals surface area contributed by atoms with Crippen molar-refractivity contribution in [1.29, 1.82) is 0 Å². The molecule has 0 amide bonds. The molecule has 0 aliphatic heterocycles. The van der Waals surface area contributed by atoms with Crippen LogP contribution in [0.5, 0.6) is 0 Å². The Bertz CT molecular complexity index is 712. The van der Waals surface area contributed by atoms with Gasteiger partial charge in [-0.1, -0.05) is 187 Å². The highest BCUT2D eigenvalue weighted by Gasteiger charge is 2.27. The number of ether oxygens (including phenoxy) is 2. The highest BCUT2D eigenvalue weighted by Crippen LogP contribution is 2.44. The van der Waals surface area contributed by atoms with Crippen LogP contribution in [0.3, 0.4) is 0 Å². The lowest BCUT2D eigenvalue weighted by atomic mass is 10.0. The summed E-state index contributed by atoms with van der Waals surface area (Å²) in [4.78, 5) is 12.2. The number of likely N-dealkylation sites (N-methyl/N-ethyl adjacent to an activating group) is 1. The van der Waals surface area contributed by atoms with E-state index in [1.165, 1.54) is 154 Å². The maximum Gasteiger partial charge on any atom is 0.472 e. The zero-order valence-corrected chi connectivity index (χ0v) is 33.7. The summed E-state index contributed by atoms with van der Waals surface area (Å²) in [5, 5.41) is 0. The smallest absolute Gasteiger partial charge is 0.379 e. The molecular formula is C41H82NO6P. The van der Waals surface area contributed by atoms with Crippen LogP contribution in [-0.4, -0.2) is 69.1 Å². The quantitative estimate of drug-likeness (QED) is 0.0383. The van der Waals surface area contributed by atoms with Crippen LogP contribution >= 0.6 is 7.82 Å². The van der Waals surface area contributed by atoms with E-state index >= 15 is 0 Å². The molecule has 0 heterocycles. The van der Waals surface area contributed by atoms with Gasteiger partial charge < -0.3 is 14.4 Å². The third-order valence-electron chi connectivity index (χ3n) is 9.26. The number of phosphoric ester groups is 1.